The van der Waals surface area contributed by atoms with Crippen LogP contribution in [0.4, 0.5) is 0 Å². The first kappa shape index (κ1) is 14.7. The lowest BCUT2D eigenvalue weighted by Gasteiger charge is -2.35. The minimum Gasteiger partial charge on any atom is -0.338 e. The molecule has 3 heterocycles. The van der Waals surface area contributed by atoms with Gasteiger partial charge in [-0.1, -0.05) is 12.1 Å². The van der Waals surface area contributed by atoms with E-state index in [0.29, 0.717) is 0 Å². The van der Waals surface area contributed by atoms with Crippen LogP contribution in [0.2, 0.25) is 0 Å². The van der Waals surface area contributed by atoms with E-state index in [1.165, 1.54) is 4.88 Å². The standard InChI is InChI=1S/C15H19N3OS2/c16-14(13-4-2-10-21-13)15(19)18-7-5-17(6-8-18)11-12-3-1-9-20-12/h1-4,9-10,14H,5-8,11,16H2. The monoisotopic (exact) mass is 321 g/mol. The number of piperazine rings is 1. The zero-order valence-electron chi connectivity index (χ0n) is 11.8. The van der Waals surface area contributed by atoms with Gasteiger partial charge in [0.25, 0.3) is 0 Å². The highest BCUT2D eigenvalue weighted by Crippen LogP contribution is 2.20. The van der Waals surface area contributed by atoms with Gasteiger partial charge < -0.3 is 10.6 Å². The molecule has 0 spiro atoms. The summed E-state index contributed by atoms with van der Waals surface area (Å²) in [4.78, 5) is 19.0. The van der Waals surface area contributed by atoms with Crippen LogP contribution in [0.25, 0.3) is 0 Å². The molecule has 4 nitrogen and oxygen atoms in total. The van der Waals surface area contributed by atoms with Crippen LogP contribution in [0.15, 0.2) is 35.0 Å². The molecular formula is C15H19N3OS2. The van der Waals surface area contributed by atoms with Crippen molar-refractivity contribution in [1.82, 2.24) is 9.80 Å². The van der Waals surface area contributed by atoms with Crippen LogP contribution in [-0.2, 0) is 11.3 Å². The van der Waals surface area contributed by atoms with Crippen LogP contribution < -0.4 is 5.73 Å². The van der Waals surface area contributed by atoms with Gasteiger partial charge in [0.2, 0.25) is 5.91 Å². The summed E-state index contributed by atoms with van der Waals surface area (Å²) in [6.45, 7) is 4.35. The zero-order valence-corrected chi connectivity index (χ0v) is 13.4. The number of amides is 1. The second kappa shape index (κ2) is 6.70. The number of thiophene rings is 2. The van der Waals surface area contributed by atoms with E-state index >= 15 is 0 Å². The number of nitrogens with zero attached hydrogens (tertiary/aromatic N) is 2. The van der Waals surface area contributed by atoms with Crippen molar-refractivity contribution in [3.05, 3.63) is 44.8 Å². The fourth-order valence-electron chi connectivity index (χ4n) is 2.54. The molecule has 0 radical (unpaired) electrons. The summed E-state index contributed by atoms with van der Waals surface area (Å²) < 4.78 is 0. The minimum absolute atomic E-state index is 0.0493. The lowest BCUT2D eigenvalue weighted by atomic mass is 10.2. The number of hydrogen-bond donors (Lipinski definition) is 1. The van der Waals surface area contributed by atoms with E-state index in [-0.39, 0.29) is 5.91 Å². The highest BCUT2D eigenvalue weighted by Gasteiger charge is 2.26. The summed E-state index contributed by atoms with van der Waals surface area (Å²) >= 11 is 3.33. The minimum atomic E-state index is -0.506. The quantitative estimate of drug-likeness (QED) is 0.939. The maximum absolute atomic E-state index is 12.4. The summed E-state index contributed by atoms with van der Waals surface area (Å²) in [5.74, 6) is 0.0493. The van der Waals surface area contributed by atoms with Gasteiger partial charge in [0.15, 0.2) is 0 Å². The molecule has 1 aliphatic heterocycles. The van der Waals surface area contributed by atoms with Gasteiger partial charge in [-0.15, -0.1) is 22.7 Å². The summed E-state index contributed by atoms with van der Waals surface area (Å²) in [6, 6.07) is 7.61. The van der Waals surface area contributed by atoms with E-state index in [9.17, 15) is 4.79 Å². The molecule has 0 saturated carbocycles. The van der Waals surface area contributed by atoms with Crippen molar-refractivity contribution in [3.8, 4) is 0 Å². The molecule has 1 amide bonds. The van der Waals surface area contributed by atoms with Crippen molar-refractivity contribution in [2.24, 2.45) is 5.73 Å². The third-order valence-corrected chi connectivity index (χ3v) is 5.58. The van der Waals surface area contributed by atoms with Crippen molar-refractivity contribution >= 4 is 28.6 Å². The molecule has 0 aromatic carbocycles. The van der Waals surface area contributed by atoms with Crippen LogP contribution in [0, 0.1) is 0 Å². The van der Waals surface area contributed by atoms with Crippen molar-refractivity contribution in [2.45, 2.75) is 12.6 Å². The van der Waals surface area contributed by atoms with E-state index in [4.69, 9.17) is 5.73 Å². The number of nitrogens with two attached hydrogens (primary N) is 1. The van der Waals surface area contributed by atoms with E-state index in [1.54, 1.807) is 22.7 Å². The third-order valence-electron chi connectivity index (χ3n) is 3.76. The van der Waals surface area contributed by atoms with E-state index < -0.39 is 6.04 Å². The lowest BCUT2D eigenvalue weighted by molar-refractivity contribution is -0.134. The highest BCUT2D eigenvalue weighted by atomic mass is 32.1. The predicted octanol–water partition coefficient (Wildman–Crippen LogP) is 2.15. The smallest absolute Gasteiger partial charge is 0.245 e. The van der Waals surface area contributed by atoms with Gasteiger partial charge in [0, 0.05) is 42.5 Å². The molecule has 0 aliphatic carbocycles. The molecule has 1 atom stereocenters. The van der Waals surface area contributed by atoms with Crippen LogP contribution >= 0.6 is 22.7 Å². The molecule has 1 fully saturated rings. The summed E-state index contributed by atoms with van der Waals surface area (Å²) in [7, 11) is 0. The fourth-order valence-corrected chi connectivity index (χ4v) is 4.00. The molecule has 3 rings (SSSR count). The highest BCUT2D eigenvalue weighted by molar-refractivity contribution is 7.10. The first-order chi connectivity index (χ1) is 10.2. The molecule has 21 heavy (non-hydrogen) atoms. The van der Waals surface area contributed by atoms with Crippen molar-refractivity contribution < 1.29 is 4.79 Å². The maximum Gasteiger partial charge on any atom is 0.245 e. The number of rotatable bonds is 4. The second-order valence-electron chi connectivity index (χ2n) is 5.17. The SMILES string of the molecule is NC(C(=O)N1CCN(Cc2cccs2)CC1)c1cccs1. The Morgan fingerprint density at radius 1 is 1.14 bits per heavy atom. The van der Waals surface area contributed by atoms with Gasteiger partial charge in [0.05, 0.1) is 0 Å². The zero-order chi connectivity index (χ0) is 14.7. The average molecular weight is 321 g/mol. The van der Waals surface area contributed by atoms with E-state index in [0.717, 1.165) is 37.6 Å². The summed E-state index contributed by atoms with van der Waals surface area (Å²) in [5.41, 5.74) is 6.07. The van der Waals surface area contributed by atoms with Crippen LogP contribution in [-0.4, -0.2) is 41.9 Å². The van der Waals surface area contributed by atoms with Gasteiger partial charge in [-0.25, -0.2) is 0 Å². The molecule has 2 N–H and O–H groups in total. The van der Waals surface area contributed by atoms with Gasteiger partial charge in [-0.05, 0) is 22.9 Å². The molecule has 1 saturated heterocycles. The Kier molecular flexibility index (Phi) is 4.70. The molecule has 2 aromatic heterocycles. The van der Waals surface area contributed by atoms with Crippen LogP contribution in [0.1, 0.15) is 15.8 Å². The Hall–Kier alpha value is -1.21. The maximum atomic E-state index is 12.4. The molecule has 1 unspecified atom stereocenters. The van der Waals surface area contributed by atoms with E-state index in [2.05, 4.69) is 22.4 Å². The third kappa shape index (κ3) is 3.52. The van der Waals surface area contributed by atoms with Crippen molar-refractivity contribution in [2.75, 3.05) is 26.2 Å². The molecule has 2 aromatic rings. The normalized spacial score (nSPS) is 17.9. The average Bonchev–Trinajstić information content (AvgIpc) is 3.20. The van der Waals surface area contributed by atoms with Gasteiger partial charge in [-0.3, -0.25) is 9.69 Å². The van der Waals surface area contributed by atoms with Crippen molar-refractivity contribution in [3.63, 3.8) is 0 Å². The lowest BCUT2D eigenvalue weighted by Crippen LogP contribution is -2.50. The van der Waals surface area contributed by atoms with Gasteiger partial charge >= 0.3 is 0 Å². The predicted molar refractivity (Wildman–Crippen MR) is 87.4 cm³/mol. The second-order valence-corrected chi connectivity index (χ2v) is 7.19. The first-order valence-electron chi connectivity index (χ1n) is 7.06. The Balaban J connectivity index is 1.52. The Bertz CT molecular complexity index is 560. The largest absolute Gasteiger partial charge is 0.338 e. The Labute approximate surface area is 132 Å². The number of carbonyl (C=O) groups is 1. The Morgan fingerprint density at radius 3 is 2.48 bits per heavy atom. The molecule has 1 aliphatic rings. The number of carbonyl (C=O) groups excluding carboxylic acids is 1. The summed E-state index contributed by atoms with van der Waals surface area (Å²) in [6.07, 6.45) is 0. The molecular weight excluding hydrogens is 302 g/mol. The number of hydrogen-bond acceptors (Lipinski definition) is 5. The van der Waals surface area contributed by atoms with Crippen LogP contribution in [0.3, 0.4) is 0 Å². The topological polar surface area (TPSA) is 49.6 Å². The van der Waals surface area contributed by atoms with Gasteiger partial charge in [0.1, 0.15) is 6.04 Å². The van der Waals surface area contributed by atoms with Crippen molar-refractivity contribution in [1.29, 1.82) is 0 Å². The Morgan fingerprint density at radius 2 is 1.86 bits per heavy atom. The molecule has 6 heteroatoms. The van der Waals surface area contributed by atoms with Crippen LogP contribution in [0.5, 0.6) is 0 Å². The summed E-state index contributed by atoms with van der Waals surface area (Å²) in [5, 5.41) is 4.07. The van der Waals surface area contributed by atoms with E-state index in [1.807, 2.05) is 22.4 Å². The molecule has 112 valence electrons. The first-order valence-corrected chi connectivity index (χ1v) is 8.82. The van der Waals surface area contributed by atoms with Gasteiger partial charge in [-0.2, -0.15) is 0 Å². The molecule has 0 bridgehead atoms. The fraction of sp³-hybridized carbons (Fsp3) is 0.400.